The maximum absolute atomic E-state index is 13.0. The highest BCUT2D eigenvalue weighted by atomic mass is 35.5. The highest BCUT2D eigenvalue weighted by molar-refractivity contribution is 7.17. The fourth-order valence-electron chi connectivity index (χ4n) is 3.78. The molecule has 0 radical (unpaired) electrons. The van der Waals surface area contributed by atoms with Crippen molar-refractivity contribution in [3.8, 4) is 5.88 Å². The van der Waals surface area contributed by atoms with Gasteiger partial charge >= 0.3 is 0 Å². The van der Waals surface area contributed by atoms with Crippen molar-refractivity contribution in [2.24, 2.45) is 0 Å². The standard InChI is InChI=1S/C23H20ClN3O3S/c24-16-5-6-21-19(10-16)15(13-31-21)9-22(28)27-7-8-29-17(11-27)12-30-23-18-3-1-2-4-20(18)25-14-26-23/h1-6,10,13-14,17H,7-9,11-12H2. The molecule has 1 fully saturated rings. The minimum Gasteiger partial charge on any atom is -0.474 e. The zero-order valence-corrected chi connectivity index (χ0v) is 18.2. The highest BCUT2D eigenvalue weighted by Gasteiger charge is 2.25. The lowest BCUT2D eigenvalue weighted by atomic mass is 10.1. The summed E-state index contributed by atoms with van der Waals surface area (Å²) in [6.45, 7) is 1.88. The molecule has 1 unspecified atom stereocenters. The molecule has 5 rings (SSSR count). The number of halogens is 1. The van der Waals surface area contributed by atoms with Gasteiger partial charge in [0, 0.05) is 16.3 Å². The van der Waals surface area contributed by atoms with E-state index in [1.165, 1.54) is 6.33 Å². The Morgan fingerprint density at radius 3 is 3.06 bits per heavy atom. The molecule has 1 aliphatic heterocycles. The van der Waals surface area contributed by atoms with E-state index in [4.69, 9.17) is 21.1 Å². The van der Waals surface area contributed by atoms with Gasteiger partial charge in [-0.1, -0.05) is 23.7 Å². The van der Waals surface area contributed by atoms with Crippen molar-refractivity contribution in [2.75, 3.05) is 26.3 Å². The number of thiophene rings is 1. The van der Waals surface area contributed by atoms with Gasteiger partial charge in [0.15, 0.2) is 0 Å². The number of morpholine rings is 1. The lowest BCUT2D eigenvalue weighted by Crippen LogP contribution is -2.48. The lowest BCUT2D eigenvalue weighted by molar-refractivity contribution is -0.139. The number of carbonyl (C=O) groups excluding carboxylic acids is 1. The van der Waals surface area contributed by atoms with Crippen molar-refractivity contribution in [1.82, 2.24) is 14.9 Å². The molecule has 2 aromatic heterocycles. The molecule has 31 heavy (non-hydrogen) atoms. The molecule has 0 aliphatic carbocycles. The average Bonchev–Trinajstić information content (AvgIpc) is 3.19. The van der Waals surface area contributed by atoms with Crippen molar-refractivity contribution in [3.05, 3.63) is 64.8 Å². The number of hydrogen-bond acceptors (Lipinski definition) is 6. The molecule has 2 aromatic carbocycles. The molecule has 6 nitrogen and oxygen atoms in total. The fraction of sp³-hybridized carbons (Fsp3) is 0.261. The molecule has 1 aliphatic rings. The smallest absolute Gasteiger partial charge is 0.227 e. The zero-order chi connectivity index (χ0) is 21.2. The van der Waals surface area contributed by atoms with E-state index in [2.05, 4.69) is 9.97 Å². The summed E-state index contributed by atoms with van der Waals surface area (Å²) in [7, 11) is 0. The number of para-hydroxylation sites is 1. The maximum atomic E-state index is 13.0. The topological polar surface area (TPSA) is 64.6 Å². The number of benzene rings is 2. The Bertz CT molecular complexity index is 1240. The van der Waals surface area contributed by atoms with E-state index >= 15 is 0 Å². The number of ether oxygens (including phenoxy) is 2. The summed E-state index contributed by atoms with van der Waals surface area (Å²) in [4.78, 5) is 23.3. The predicted molar refractivity (Wildman–Crippen MR) is 122 cm³/mol. The summed E-state index contributed by atoms with van der Waals surface area (Å²) in [6.07, 6.45) is 1.64. The van der Waals surface area contributed by atoms with Gasteiger partial charge in [0.2, 0.25) is 11.8 Å². The molecular formula is C23H20ClN3O3S. The molecule has 0 spiro atoms. The van der Waals surface area contributed by atoms with Crippen LogP contribution >= 0.6 is 22.9 Å². The third kappa shape index (κ3) is 4.35. The first kappa shape index (κ1) is 20.2. The molecule has 8 heteroatoms. The summed E-state index contributed by atoms with van der Waals surface area (Å²) in [6, 6.07) is 13.5. The van der Waals surface area contributed by atoms with Gasteiger partial charge in [0.05, 0.1) is 30.5 Å². The van der Waals surface area contributed by atoms with Crippen molar-refractivity contribution in [2.45, 2.75) is 12.5 Å². The van der Waals surface area contributed by atoms with Crippen LogP contribution in [0.15, 0.2) is 54.2 Å². The van der Waals surface area contributed by atoms with Gasteiger partial charge in [-0.2, -0.15) is 0 Å². The molecule has 158 valence electrons. The van der Waals surface area contributed by atoms with Gasteiger partial charge in [-0.05, 0) is 46.7 Å². The minimum absolute atomic E-state index is 0.0838. The number of carbonyl (C=O) groups is 1. The molecule has 1 amide bonds. The minimum atomic E-state index is -0.208. The Hall–Kier alpha value is -2.74. The number of nitrogens with zero attached hydrogens (tertiary/aromatic N) is 3. The quantitative estimate of drug-likeness (QED) is 0.449. The summed E-state index contributed by atoms with van der Waals surface area (Å²) >= 11 is 7.78. The van der Waals surface area contributed by atoms with Crippen LogP contribution in [0.1, 0.15) is 5.56 Å². The Morgan fingerprint density at radius 1 is 1.23 bits per heavy atom. The fourth-order valence-corrected chi connectivity index (χ4v) is 4.89. The largest absolute Gasteiger partial charge is 0.474 e. The molecule has 1 atom stereocenters. The van der Waals surface area contributed by atoms with Crippen molar-refractivity contribution < 1.29 is 14.3 Å². The van der Waals surface area contributed by atoms with E-state index in [1.54, 1.807) is 11.3 Å². The van der Waals surface area contributed by atoms with Gasteiger partial charge in [-0.15, -0.1) is 11.3 Å². The van der Waals surface area contributed by atoms with Crippen LogP contribution in [-0.2, 0) is 16.0 Å². The Kier molecular flexibility index (Phi) is 5.72. The molecule has 3 heterocycles. The van der Waals surface area contributed by atoms with E-state index in [0.717, 1.165) is 26.6 Å². The van der Waals surface area contributed by atoms with Crippen LogP contribution in [0.25, 0.3) is 21.0 Å². The Morgan fingerprint density at radius 2 is 2.13 bits per heavy atom. The molecule has 4 aromatic rings. The number of hydrogen-bond donors (Lipinski definition) is 0. The van der Waals surface area contributed by atoms with E-state index in [9.17, 15) is 4.79 Å². The molecule has 0 saturated carbocycles. The molecule has 0 bridgehead atoms. The van der Waals surface area contributed by atoms with Gasteiger partial charge in [-0.25, -0.2) is 9.97 Å². The first-order valence-corrected chi connectivity index (χ1v) is 11.3. The Balaban J connectivity index is 1.23. The molecule has 0 N–H and O–H groups in total. The van der Waals surface area contributed by atoms with Gasteiger partial charge < -0.3 is 14.4 Å². The Labute approximate surface area is 188 Å². The van der Waals surface area contributed by atoms with Crippen LogP contribution in [0, 0.1) is 0 Å². The zero-order valence-electron chi connectivity index (χ0n) is 16.7. The second-order valence-electron chi connectivity index (χ2n) is 7.42. The van der Waals surface area contributed by atoms with E-state index in [0.29, 0.717) is 43.6 Å². The van der Waals surface area contributed by atoms with E-state index in [1.807, 2.05) is 52.7 Å². The first-order chi connectivity index (χ1) is 15.2. The van der Waals surface area contributed by atoms with Crippen molar-refractivity contribution >= 4 is 49.8 Å². The van der Waals surface area contributed by atoms with Crippen molar-refractivity contribution in [1.29, 1.82) is 0 Å². The van der Waals surface area contributed by atoms with Crippen LogP contribution < -0.4 is 4.74 Å². The van der Waals surface area contributed by atoms with Gasteiger partial charge in [0.1, 0.15) is 19.0 Å². The third-order valence-electron chi connectivity index (χ3n) is 5.36. The third-order valence-corrected chi connectivity index (χ3v) is 6.61. The number of aromatic nitrogens is 2. The second-order valence-corrected chi connectivity index (χ2v) is 8.77. The van der Waals surface area contributed by atoms with Crippen LogP contribution in [0.3, 0.4) is 0 Å². The van der Waals surface area contributed by atoms with E-state index < -0.39 is 0 Å². The molecule has 1 saturated heterocycles. The summed E-state index contributed by atoms with van der Waals surface area (Å²) in [5.41, 5.74) is 1.84. The van der Waals surface area contributed by atoms with Crippen molar-refractivity contribution in [3.63, 3.8) is 0 Å². The monoisotopic (exact) mass is 453 g/mol. The first-order valence-electron chi connectivity index (χ1n) is 10.0. The highest BCUT2D eigenvalue weighted by Crippen LogP contribution is 2.29. The average molecular weight is 454 g/mol. The maximum Gasteiger partial charge on any atom is 0.227 e. The second kappa shape index (κ2) is 8.78. The number of amides is 1. The van der Waals surface area contributed by atoms with Crippen LogP contribution in [0.5, 0.6) is 5.88 Å². The number of rotatable bonds is 5. The summed E-state index contributed by atoms with van der Waals surface area (Å²) < 4.78 is 12.9. The normalized spacial score (nSPS) is 16.7. The summed E-state index contributed by atoms with van der Waals surface area (Å²) in [5.74, 6) is 0.611. The van der Waals surface area contributed by atoms with E-state index in [-0.39, 0.29) is 12.0 Å². The van der Waals surface area contributed by atoms with Crippen LogP contribution in [-0.4, -0.2) is 53.2 Å². The van der Waals surface area contributed by atoms with Gasteiger partial charge in [0.25, 0.3) is 0 Å². The summed E-state index contributed by atoms with van der Waals surface area (Å²) in [5, 5.41) is 4.63. The lowest BCUT2D eigenvalue weighted by Gasteiger charge is -2.32. The molecular weight excluding hydrogens is 434 g/mol. The van der Waals surface area contributed by atoms with Gasteiger partial charge in [-0.3, -0.25) is 4.79 Å². The SMILES string of the molecule is O=C(Cc1csc2ccc(Cl)cc12)N1CCOC(COc2ncnc3ccccc23)C1. The number of fused-ring (bicyclic) bond motifs is 2. The predicted octanol–water partition coefficient (Wildman–Crippen LogP) is 4.35. The van der Waals surface area contributed by atoms with Crippen LogP contribution in [0.2, 0.25) is 5.02 Å². The van der Waals surface area contributed by atoms with Crippen LogP contribution in [0.4, 0.5) is 0 Å².